The number of aromatic nitrogens is 1. The minimum absolute atomic E-state index is 0.0141. The molecule has 1 atom stereocenters. The highest BCUT2D eigenvalue weighted by Gasteiger charge is 2.18. The van der Waals surface area contributed by atoms with E-state index in [1.165, 1.54) is 12.8 Å². The van der Waals surface area contributed by atoms with E-state index in [0.717, 1.165) is 31.9 Å². The van der Waals surface area contributed by atoms with Gasteiger partial charge in [-0.05, 0) is 45.2 Å². The zero-order chi connectivity index (χ0) is 15.9. The van der Waals surface area contributed by atoms with Crippen molar-refractivity contribution in [3.8, 4) is 0 Å². The van der Waals surface area contributed by atoms with Gasteiger partial charge < -0.3 is 14.5 Å². The second kappa shape index (κ2) is 8.13. The molecule has 122 valence electrons. The first-order chi connectivity index (χ1) is 10.7. The van der Waals surface area contributed by atoms with Crippen molar-refractivity contribution >= 4 is 11.7 Å². The van der Waals surface area contributed by atoms with Crippen molar-refractivity contribution in [3.05, 3.63) is 23.9 Å². The van der Waals surface area contributed by atoms with Crippen LogP contribution in [-0.2, 0) is 4.74 Å². The zero-order valence-electron chi connectivity index (χ0n) is 13.9. The molecule has 0 bridgehead atoms. The van der Waals surface area contributed by atoms with E-state index in [1.54, 1.807) is 18.1 Å². The fourth-order valence-corrected chi connectivity index (χ4v) is 2.65. The van der Waals surface area contributed by atoms with Crippen LogP contribution in [0.3, 0.4) is 0 Å². The van der Waals surface area contributed by atoms with Gasteiger partial charge in [-0.3, -0.25) is 4.79 Å². The van der Waals surface area contributed by atoms with Crippen molar-refractivity contribution in [2.75, 3.05) is 38.2 Å². The highest BCUT2D eigenvalue weighted by molar-refractivity contribution is 5.93. The predicted octanol–water partition coefficient (Wildman–Crippen LogP) is 2.57. The third-order valence-electron chi connectivity index (χ3n) is 4.22. The van der Waals surface area contributed by atoms with Crippen molar-refractivity contribution in [1.82, 2.24) is 9.88 Å². The van der Waals surface area contributed by atoms with E-state index in [2.05, 4.69) is 16.8 Å². The van der Waals surface area contributed by atoms with Gasteiger partial charge in [-0.15, -0.1) is 0 Å². The van der Waals surface area contributed by atoms with E-state index < -0.39 is 0 Å². The molecule has 1 fully saturated rings. The van der Waals surface area contributed by atoms with Crippen LogP contribution in [0.25, 0.3) is 0 Å². The summed E-state index contributed by atoms with van der Waals surface area (Å²) in [5.41, 5.74) is 0.637. The number of hydrogen-bond acceptors (Lipinski definition) is 4. The average Bonchev–Trinajstić information content (AvgIpc) is 2.59. The molecule has 1 amide bonds. The number of anilines is 1. The molecule has 1 aromatic heterocycles. The number of amides is 1. The number of nitrogens with zero attached hydrogens (tertiary/aromatic N) is 3. The van der Waals surface area contributed by atoms with E-state index >= 15 is 0 Å². The standard InChI is InChI=1S/C17H27N3O2/c1-4-19(3)17(21)14-9-10-16(18-12-14)20(5-2)13-15-8-6-7-11-22-15/h9-10,12,15H,4-8,11,13H2,1-3H3. The topological polar surface area (TPSA) is 45.7 Å². The Morgan fingerprint density at radius 1 is 1.32 bits per heavy atom. The molecule has 5 nitrogen and oxygen atoms in total. The summed E-state index contributed by atoms with van der Waals surface area (Å²) < 4.78 is 5.81. The lowest BCUT2D eigenvalue weighted by molar-refractivity contribution is 0.0210. The van der Waals surface area contributed by atoms with Crippen molar-refractivity contribution in [2.24, 2.45) is 0 Å². The molecule has 22 heavy (non-hydrogen) atoms. The lowest BCUT2D eigenvalue weighted by Crippen LogP contribution is -2.36. The van der Waals surface area contributed by atoms with Gasteiger partial charge in [0.05, 0.1) is 11.7 Å². The summed E-state index contributed by atoms with van der Waals surface area (Å²) in [6, 6.07) is 3.80. The van der Waals surface area contributed by atoms with Gasteiger partial charge in [0.1, 0.15) is 5.82 Å². The van der Waals surface area contributed by atoms with Gasteiger partial charge in [-0.25, -0.2) is 4.98 Å². The molecule has 0 radical (unpaired) electrons. The Labute approximate surface area is 133 Å². The first-order valence-corrected chi connectivity index (χ1v) is 8.23. The normalized spacial score (nSPS) is 18.0. The maximum absolute atomic E-state index is 12.1. The Kier molecular flexibility index (Phi) is 6.19. The molecule has 0 aliphatic carbocycles. The summed E-state index contributed by atoms with van der Waals surface area (Å²) in [6.07, 6.45) is 5.50. The molecule has 5 heteroatoms. The molecule has 2 rings (SSSR count). The number of hydrogen-bond donors (Lipinski definition) is 0. The average molecular weight is 305 g/mol. The second-order valence-electron chi connectivity index (χ2n) is 5.75. The van der Waals surface area contributed by atoms with E-state index in [9.17, 15) is 4.79 Å². The first kappa shape index (κ1) is 16.7. The molecule has 1 unspecified atom stereocenters. The second-order valence-corrected chi connectivity index (χ2v) is 5.75. The van der Waals surface area contributed by atoms with Crippen molar-refractivity contribution in [2.45, 2.75) is 39.2 Å². The van der Waals surface area contributed by atoms with Gasteiger partial charge in [0.25, 0.3) is 5.91 Å². The number of rotatable bonds is 6. The van der Waals surface area contributed by atoms with Crippen LogP contribution in [0.4, 0.5) is 5.82 Å². The lowest BCUT2D eigenvalue weighted by atomic mass is 10.1. The van der Waals surface area contributed by atoms with Gasteiger partial charge in [0.15, 0.2) is 0 Å². The fourth-order valence-electron chi connectivity index (χ4n) is 2.65. The van der Waals surface area contributed by atoms with Gasteiger partial charge in [-0.1, -0.05) is 0 Å². The number of carbonyl (C=O) groups excluding carboxylic acids is 1. The highest BCUT2D eigenvalue weighted by atomic mass is 16.5. The third kappa shape index (κ3) is 4.19. The zero-order valence-corrected chi connectivity index (χ0v) is 13.9. The monoisotopic (exact) mass is 305 g/mol. The molecular weight excluding hydrogens is 278 g/mol. The van der Waals surface area contributed by atoms with Crippen LogP contribution >= 0.6 is 0 Å². The SMILES string of the molecule is CCN(C)C(=O)c1ccc(N(CC)CC2CCCCO2)nc1. The van der Waals surface area contributed by atoms with Gasteiger partial charge in [-0.2, -0.15) is 0 Å². The number of pyridine rings is 1. The molecule has 1 aromatic rings. The van der Waals surface area contributed by atoms with Gasteiger partial charge in [0, 0.05) is 39.5 Å². The first-order valence-electron chi connectivity index (χ1n) is 8.23. The Bertz CT molecular complexity index is 469. The van der Waals surface area contributed by atoms with Gasteiger partial charge in [0.2, 0.25) is 0 Å². The van der Waals surface area contributed by atoms with Crippen molar-refractivity contribution < 1.29 is 9.53 Å². The summed E-state index contributed by atoms with van der Waals surface area (Å²) in [4.78, 5) is 20.5. The Morgan fingerprint density at radius 3 is 2.68 bits per heavy atom. The molecule has 0 aromatic carbocycles. The molecular formula is C17H27N3O2. The third-order valence-corrected chi connectivity index (χ3v) is 4.22. The van der Waals surface area contributed by atoms with Crippen LogP contribution in [-0.4, -0.2) is 55.2 Å². The molecule has 0 saturated carbocycles. The molecule has 1 aliphatic rings. The summed E-state index contributed by atoms with van der Waals surface area (Å²) in [5, 5.41) is 0. The summed E-state index contributed by atoms with van der Waals surface area (Å²) in [5.74, 6) is 0.924. The van der Waals surface area contributed by atoms with Crippen LogP contribution < -0.4 is 4.90 Å². The lowest BCUT2D eigenvalue weighted by Gasteiger charge is -2.30. The number of carbonyl (C=O) groups is 1. The highest BCUT2D eigenvalue weighted by Crippen LogP contribution is 2.18. The summed E-state index contributed by atoms with van der Waals surface area (Å²) in [6.45, 7) is 7.39. The quantitative estimate of drug-likeness (QED) is 0.810. The van der Waals surface area contributed by atoms with Crippen molar-refractivity contribution in [3.63, 3.8) is 0 Å². The predicted molar refractivity (Wildman–Crippen MR) is 88.3 cm³/mol. The minimum Gasteiger partial charge on any atom is -0.376 e. The molecule has 1 aliphatic heterocycles. The molecule has 0 N–H and O–H groups in total. The Hall–Kier alpha value is -1.62. The molecule has 1 saturated heterocycles. The van der Waals surface area contributed by atoms with Gasteiger partial charge >= 0.3 is 0 Å². The maximum Gasteiger partial charge on any atom is 0.255 e. The van der Waals surface area contributed by atoms with Crippen molar-refractivity contribution in [1.29, 1.82) is 0 Å². The van der Waals surface area contributed by atoms with Crippen LogP contribution in [0.5, 0.6) is 0 Å². The number of ether oxygens (including phenoxy) is 1. The molecule has 2 heterocycles. The van der Waals surface area contributed by atoms with E-state index in [-0.39, 0.29) is 5.91 Å². The summed E-state index contributed by atoms with van der Waals surface area (Å²) >= 11 is 0. The largest absolute Gasteiger partial charge is 0.376 e. The Balaban J connectivity index is 2.02. The minimum atomic E-state index is 0.0141. The molecule has 0 spiro atoms. The summed E-state index contributed by atoms with van der Waals surface area (Å²) in [7, 11) is 1.80. The van der Waals surface area contributed by atoms with Crippen LogP contribution in [0, 0.1) is 0 Å². The fraction of sp³-hybridized carbons (Fsp3) is 0.647. The van der Waals surface area contributed by atoms with Crippen LogP contribution in [0.1, 0.15) is 43.5 Å². The van der Waals surface area contributed by atoms with E-state index in [4.69, 9.17) is 4.74 Å². The van der Waals surface area contributed by atoms with Crippen LogP contribution in [0.2, 0.25) is 0 Å². The van der Waals surface area contributed by atoms with Crippen LogP contribution in [0.15, 0.2) is 18.3 Å². The maximum atomic E-state index is 12.1. The smallest absolute Gasteiger partial charge is 0.255 e. The Morgan fingerprint density at radius 2 is 2.14 bits per heavy atom. The van der Waals surface area contributed by atoms with E-state index in [1.807, 2.05) is 19.1 Å². The number of likely N-dealkylation sites (N-methyl/N-ethyl adjacent to an activating group) is 1. The van der Waals surface area contributed by atoms with E-state index in [0.29, 0.717) is 18.2 Å².